The highest BCUT2D eigenvalue weighted by Crippen LogP contribution is 2.44. The van der Waals surface area contributed by atoms with Crippen molar-refractivity contribution in [2.45, 2.75) is 162 Å². The number of carbonyl (C=O) groups is 6. The van der Waals surface area contributed by atoms with E-state index in [0.717, 1.165) is 64.2 Å². The minimum atomic E-state index is -0.949. The number of nitrogens with one attached hydrogen (secondary N) is 1. The van der Waals surface area contributed by atoms with Crippen LogP contribution in [0.25, 0.3) is 0 Å². The standard InChI is InChI=1S/C42H63N3O8/c1-8-13-27(37(49)33(48)20-25-18-19-25)21-32(47)36-29-17-12-16-28(29)24-45(36)40(51)38(41(2,3)4)43-39(50)30(26-14-10-9-11-15-26)22-31(46)34-23-35(44-53-34)52-42(5,6)7/h23,25-30,36,38H,8-22,24H2,1-7H3,(H,43,50)/t27-,28?,29+,30+,36?,38-/m1/s1. The van der Waals surface area contributed by atoms with Crippen molar-refractivity contribution in [1.29, 1.82) is 0 Å². The summed E-state index contributed by atoms with van der Waals surface area (Å²) >= 11 is 0. The second-order valence-electron chi connectivity index (χ2n) is 18.6. The van der Waals surface area contributed by atoms with Gasteiger partial charge in [-0.2, -0.15) is 0 Å². The second kappa shape index (κ2) is 17.0. The molecule has 4 aliphatic rings. The topological polar surface area (TPSA) is 153 Å². The molecular weight excluding hydrogens is 674 g/mol. The maximum absolute atomic E-state index is 14.7. The Morgan fingerprint density at radius 1 is 0.925 bits per heavy atom. The number of ether oxygens (including phenoxy) is 1. The Balaban J connectivity index is 1.35. The van der Waals surface area contributed by atoms with Crippen molar-refractivity contribution in [1.82, 2.24) is 15.4 Å². The summed E-state index contributed by atoms with van der Waals surface area (Å²) in [5, 5.41) is 7.01. The molecule has 2 unspecified atom stereocenters. The lowest BCUT2D eigenvalue weighted by Gasteiger charge is -2.38. The zero-order valence-corrected chi connectivity index (χ0v) is 33.2. The molecule has 0 radical (unpaired) electrons. The number of likely N-dealkylation sites (tertiary alicyclic amines) is 1. The monoisotopic (exact) mass is 737 g/mol. The van der Waals surface area contributed by atoms with Crippen LogP contribution in [0, 0.1) is 40.9 Å². The molecule has 6 atom stereocenters. The van der Waals surface area contributed by atoms with E-state index in [4.69, 9.17) is 9.26 Å². The molecule has 3 aliphatic carbocycles. The number of aromatic nitrogens is 1. The fourth-order valence-electron chi connectivity index (χ4n) is 9.02. The highest BCUT2D eigenvalue weighted by atomic mass is 16.6. The number of nitrogens with zero attached hydrogens (tertiary/aromatic N) is 2. The van der Waals surface area contributed by atoms with Gasteiger partial charge in [0.05, 0.1) is 12.1 Å². The van der Waals surface area contributed by atoms with Gasteiger partial charge in [0.2, 0.25) is 29.1 Å². The van der Waals surface area contributed by atoms with Crippen LogP contribution < -0.4 is 10.1 Å². The van der Waals surface area contributed by atoms with Crippen LogP contribution in [0.3, 0.4) is 0 Å². The van der Waals surface area contributed by atoms with Gasteiger partial charge in [0, 0.05) is 37.6 Å². The second-order valence-corrected chi connectivity index (χ2v) is 18.6. The molecule has 1 aliphatic heterocycles. The molecule has 53 heavy (non-hydrogen) atoms. The van der Waals surface area contributed by atoms with Crippen LogP contribution in [-0.4, -0.2) is 69.2 Å². The number of rotatable bonds is 17. The molecule has 1 aromatic heterocycles. The molecule has 1 saturated heterocycles. The van der Waals surface area contributed by atoms with Gasteiger partial charge in [0.25, 0.3) is 5.88 Å². The average molecular weight is 738 g/mol. The van der Waals surface area contributed by atoms with Crippen molar-refractivity contribution < 1.29 is 38.0 Å². The maximum Gasteiger partial charge on any atom is 0.255 e. The van der Waals surface area contributed by atoms with Gasteiger partial charge in [-0.3, -0.25) is 28.8 Å². The molecule has 5 rings (SSSR count). The lowest BCUT2D eigenvalue weighted by atomic mass is 9.76. The molecule has 0 spiro atoms. The van der Waals surface area contributed by atoms with Crippen molar-refractivity contribution in [3.05, 3.63) is 11.8 Å². The Labute approximate surface area is 315 Å². The van der Waals surface area contributed by atoms with Gasteiger partial charge in [-0.15, -0.1) is 0 Å². The van der Waals surface area contributed by atoms with Gasteiger partial charge < -0.3 is 19.5 Å². The highest BCUT2D eigenvalue weighted by Gasteiger charge is 2.52. The number of fused-ring (bicyclic) bond motifs is 1. The first-order chi connectivity index (χ1) is 25.0. The highest BCUT2D eigenvalue weighted by molar-refractivity contribution is 6.38. The molecule has 11 heteroatoms. The Hall–Kier alpha value is -3.37. The summed E-state index contributed by atoms with van der Waals surface area (Å²) in [6.07, 6.45) is 10.5. The van der Waals surface area contributed by atoms with Crippen molar-refractivity contribution in [3.63, 3.8) is 0 Å². The molecular formula is C42H63N3O8. The van der Waals surface area contributed by atoms with Crippen LogP contribution >= 0.6 is 0 Å². The van der Waals surface area contributed by atoms with Gasteiger partial charge in [-0.05, 0) is 100.0 Å². The third-order valence-corrected chi connectivity index (χ3v) is 11.9. The number of hydrogen-bond donors (Lipinski definition) is 1. The number of ketones is 4. The Kier molecular flexibility index (Phi) is 13.1. The molecule has 294 valence electrons. The van der Waals surface area contributed by atoms with Crippen LogP contribution in [0.1, 0.15) is 155 Å². The summed E-state index contributed by atoms with van der Waals surface area (Å²) in [7, 11) is 0. The Bertz CT molecular complexity index is 1510. The molecule has 0 aromatic carbocycles. The van der Waals surface area contributed by atoms with Crippen molar-refractivity contribution in [3.8, 4) is 5.88 Å². The number of carbonyl (C=O) groups excluding carboxylic acids is 6. The zero-order valence-electron chi connectivity index (χ0n) is 33.2. The molecule has 1 aromatic rings. The smallest absolute Gasteiger partial charge is 0.255 e. The summed E-state index contributed by atoms with van der Waals surface area (Å²) in [6, 6.07) is -0.182. The van der Waals surface area contributed by atoms with E-state index in [2.05, 4.69) is 10.5 Å². The van der Waals surface area contributed by atoms with Crippen molar-refractivity contribution in [2.24, 2.45) is 40.9 Å². The number of hydrogen-bond acceptors (Lipinski definition) is 9. The zero-order chi connectivity index (χ0) is 38.7. The first kappa shape index (κ1) is 40.8. The van der Waals surface area contributed by atoms with E-state index in [1.54, 1.807) is 4.90 Å². The normalized spacial score (nSPS) is 23.9. The van der Waals surface area contributed by atoms with E-state index in [0.29, 0.717) is 19.4 Å². The summed E-state index contributed by atoms with van der Waals surface area (Å²) in [5.74, 6) is -2.71. The van der Waals surface area contributed by atoms with Crippen LogP contribution in [-0.2, 0) is 24.0 Å². The van der Waals surface area contributed by atoms with Crippen LogP contribution in [0.5, 0.6) is 5.88 Å². The lowest BCUT2D eigenvalue weighted by molar-refractivity contribution is -0.146. The van der Waals surface area contributed by atoms with E-state index < -0.39 is 40.7 Å². The Morgan fingerprint density at radius 3 is 2.25 bits per heavy atom. The van der Waals surface area contributed by atoms with Gasteiger partial charge in [-0.25, -0.2) is 0 Å². The minimum Gasteiger partial charge on any atom is -0.470 e. The average Bonchev–Trinajstić information content (AvgIpc) is 3.42. The fourth-order valence-corrected chi connectivity index (χ4v) is 9.02. The van der Waals surface area contributed by atoms with E-state index in [1.807, 2.05) is 48.5 Å². The van der Waals surface area contributed by atoms with Gasteiger partial charge in [0.1, 0.15) is 11.6 Å². The molecule has 0 bridgehead atoms. The summed E-state index contributed by atoms with van der Waals surface area (Å²) in [4.78, 5) is 84.8. The van der Waals surface area contributed by atoms with Crippen molar-refractivity contribution in [2.75, 3.05) is 6.54 Å². The Morgan fingerprint density at radius 2 is 1.62 bits per heavy atom. The van der Waals surface area contributed by atoms with Gasteiger partial charge >= 0.3 is 0 Å². The maximum atomic E-state index is 14.7. The molecule has 4 fully saturated rings. The summed E-state index contributed by atoms with van der Waals surface area (Å²) < 4.78 is 11.1. The molecule has 3 saturated carbocycles. The van der Waals surface area contributed by atoms with E-state index in [9.17, 15) is 28.8 Å². The lowest BCUT2D eigenvalue weighted by Crippen LogP contribution is -2.58. The van der Waals surface area contributed by atoms with E-state index in [-0.39, 0.29) is 83.7 Å². The number of amides is 2. The molecule has 2 amide bonds. The molecule has 11 nitrogen and oxygen atoms in total. The number of Topliss-reactive ketones (excluding diaryl/α,β-unsaturated/α-hetero) is 4. The first-order valence-electron chi connectivity index (χ1n) is 20.4. The summed E-state index contributed by atoms with van der Waals surface area (Å²) in [5.41, 5.74) is -1.24. The largest absolute Gasteiger partial charge is 0.470 e. The van der Waals surface area contributed by atoms with Crippen LogP contribution in [0.4, 0.5) is 0 Å². The van der Waals surface area contributed by atoms with Crippen molar-refractivity contribution >= 4 is 34.9 Å². The van der Waals surface area contributed by atoms with Crippen LogP contribution in [0.15, 0.2) is 10.6 Å². The first-order valence-corrected chi connectivity index (χ1v) is 20.4. The molecule has 2 heterocycles. The minimum absolute atomic E-state index is 0.0102. The van der Waals surface area contributed by atoms with Gasteiger partial charge in [0.15, 0.2) is 11.6 Å². The van der Waals surface area contributed by atoms with Gasteiger partial charge in [-0.1, -0.05) is 59.8 Å². The predicted molar refractivity (Wildman–Crippen MR) is 199 cm³/mol. The third kappa shape index (κ3) is 10.4. The molecule has 1 N–H and O–H groups in total. The van der Waals surface area contributed by atoms with E-state index in [1.165, 1.54) is 6.07 Å². The SMILES string of the molecule is CCC[C@H](CC(=O)C1[C@H]2CCCC2CN1C(=O)[C@@H](NC(=O)[C@@H](CC(=O)c1cc(OC(C)(C)C)no1)C1CCCCC1)C(C)(C)C)C(=O)C(=O)CC1CC1. The third-order valence-electron chi connectivity index (χ3n) is 11.9. The summed E-state index contributed by atoms with van der Waals surface area (Å²) in [6.45, 7) is 13.7. The van der Waals surface area contributed by atoms with E-state index >= 15 is 0 Å². The predicted octanol–water partition coefficient (Wildman–Crippen LogP) is 7.09. The quantitative estimate of drug-likeness (QED) is 0.130. The van der Waals surface area contributed by atoms with Crippen LogP contribution in [0.2, 0.25) is 0 Å². The fraction of sp³-hybridized carbons (Fsp3) is 0.786.